The summed E-state index contributed by atoms with van der Waals surface area (Å²) >= 11 is 0. The van der Waals surface area contributed by atoms with E-state index in [0.29, 0.717) is 12.8 Å². The fourth-order valence-electron chi connectivity index (χ4n) is 0.754. The van der Waals surface area contributed by atoms with Gasteiger partial charge >= 0.3 is 0 Å². The highest BCUT2D eigenvalue weighted by molar-refractivity contribution is 4.92. The van der Waals surface area contributed by atoms with Crippen molar-refractivity contribution in [3.8, 4) is 0 Å². The summed E-state index contributed by atoms with van der Waals surface area (Å²) in [6.07, 6.45) is 1.10. The molecule has 0 fully saturated rings. The van der Waals surface area contributed by atoms with Crippen LogP contribution in [-0.2, 0) is 0 Å². The summed E-state index contributed by atoms with van der Waals surface area (Å²) in [4.78, 5) is 0. The molecule has 0 aromatic carbocycles. The largest absolute Gasteiger partial charge is 0.396 e. The molecule has 9 heavy (non-hydrogen) atoms. The minimum Gasteiger partial charge on any atom is -0.396 e. The first kappa shape index (κ1) is 6.64. The van der Waals surface area contributed by atoms with Crippen molar-refractivity contribution in [2.24, 2.45) is 10.2 Å². The van der Waals surface area contributed by atoms with Gasteiger partial charge in [-0.25, -0.2) is 0 Å². The van der Waals surface area contributed by atoms with E-state index in [2.05, 4.69) is 10.2 Å². The molecular weight excluding hydrogens is 120 g/mol. The molecule has 0 aliphatic carbocycles. The van der Waals surface area contributed by atoms with Crippen molar-refractivity contribution < 1.29 is 10.2 Å². The van der Waals surface area contributed by atoms with Gasteiger partial charge in [-0.3, -0.25) is 0 Å². The Morgan fingerprint density at radius 1 is 1.00 bits per heavy atom. The first-order valence-electron chi connectivity index (χ1n) is 2.99. The third-order valence-corrected chi connectivity index (χ3v) is 1.41. The lowest BCUT2D eigenvalue weighted by molar-refractivity contribution is 0.228. The van der Waals surface area contributed by atoms with Crippen molar-refractivity contribution in [2.45, 2.75) is 18.5 Å². The van der Waals surface area contributed by atoms with Crippen LogP contribution < -0.4 is 0 Å². The number of nitrogens with zero attached hydrogens (tertiary/aromatic N) is 2. The van der Waals surface area contributed by atoms with Gasteiger partial charge in [-0.1, -0.05) is 0 Å². The summed E-state index contributed by atoms with van der Waals surface area (Å²) < 4.78 is 0. The highest BCUT2D eigenvalue weighted by atomic mass is 16.3. The zero-order chi connectivity index (χ0) is 6.74. The summed E-state index contributed by atoms with van der Waals surface area (Å²) in [6, 6.07) is 0. The van der Waals surface area contributed by atoms with Gasteiger partial charge in [0.05, 0.1) is 0 Å². The number of hydrogen-bond donors (Lipinski definition) is 2. The molecule has 0 atom stereocenters. The minimum atomic E-state index is -0.399. The van der Waals surface area contributed by atoms with E-state index in [0.717, 1.165) is 0 Å². The van der Waals surface area contributed by atoms with E-state index in [-0.39, 0.29) is 13.2 Å². The Bertz CT molecular complexity index is 110. The van der Waals surface area contributed by atoms with Crippen LogP contribution in [0.1, 0.15) is 12.8 Å². The highest BCUT2D eigenvalue weighted by Crippen LogP contribution is 2.34. The maximum atomic E-state index is 8.47. The average Bonchev–Trinajstić information content (AvgIpc) is 2.51. The third kappa shape index (κ3) is 1.46. The maximum Gasteiger partial charge on any atom is 0.195 e. The highest BCUT2D eigenvalue weighted by Gasteiger charge is 2.38. The fraction of sp³-hybridized carbons (Fsp3) is 1.00. The molecule has 0 aromatic rings. The van der Waals surface area contributed by atoms with Crippen molar-refractivity contribution in [1.29, 1.82) is 0 Å². The fourth-order valence-corrected chi connectivity index (χ4v) is 0.754. The molecule has 1 rings (SSSR count). The second-order valence-electron chi connectivity index (χ2n) is 2.13. The summed E-state index contributed by atoms with van der Waals surface area (Å²) in [5.41, 5.74) is -0.399. The normalized spacial score (nSPS) is 20.2. The molecule has 0 amide bonds. The Morgan fingerprint density at radius 3 is 1.67 bits per heavy atom. The van der Waals surface area contributed by atoms with Crippen molar-refractivity contribution in [3.05, 3.63) is 0 Å². The van der Waals surface area contributed by atoms with E-state index in [4.69, 9.17) is 10.2 Å². The van der Waals surface area contributed by atoms with E-state index < -0.39 is 5.66 Å². The average molecular weight is 130 g/mol. The van der Waals surface area contributed by atoms with Crippen LogP contribution in [0.5, 0.6) is 0 Å². The Morgan fingerprint density at radius 2 is 1.44 bits per heavy atom. The number of rotatable bonds is 4. The molecule has 4 heteroatoms. The molecule has 0 bridgehead atoms. The van der Waals surface area contributed by atoms with Gasteiger partial charge in [-0.15, -0.1) is 0 Å². The van der Waals surface area contributed by atoms with Gasteiger partial charge in [0, 0.05) is 26.1 Å². The smallest absolute Gasteiger partial charge is 0.195 e. The van der Waals surface area contributed by atoms with Crippen LogP contribution in [-0.4, -0.2) is 29.1 Å². The SMILES string of the molecule is OCCC1(CCO)N=N1. The van der Waals surface area contributed by atoms with Crippen molar-refractivity contribution in [3.63, 3.8) is 0 Å². The number of aliphatic hydroxyl groups is 2. The molecule has 0 aromatic heterocycles. The second-order valence-corrected chi connectivity index (χ2v) is 2.13. The van der Waals surface area contributed by atoms with Crippen LogP contribution in [0.25, 0.3) is 0 Å². The van der Waals surface area contributed by atoms with E-state index in [1.54, 1.807) is 0 Å². The van der Waals surface area contributed by atoms with Crippen molar-refractivity contribution in [1.82, 2.24) is 0 Å². The lowest BCUT2D eigenvalue weighted by atomic mass is 10.1. The topological polar surface area (TPSA) is 65.2 Å². The molecule has 4 nitrogen and oxygen atoms in total. The maximum absolute atomic E-state index is 8.47. The summed E-state index contributed by atoms with van der Waals surface area (Å²) in [6.45, 7) is 0.181. The molecule has 0 spiro atoms. The first-order chi connectivity index (χ1) is 4.33. The third-order valence-electron chi connectivity index (χ3n) is 1.41. The monoisotopic (exact) mass is 130 g/mol. The van der Waals surface area contributed by atoms with Crippen LogP contribution in [0.2, 0.25) is 0 Å². The summed E-state index contributed by atoms with van der Waals surface area (Å²) in [5, 5.41) is 24.4. The Labute approximate surface area is 53.2 Å². The lowest BCUT2D eigenvalue weighted by Crippen LogP contribution is -2.14. The Balaban J connectivity index is 2.18. The van der Waals surface area contributed by atoms with Crippen LogP contribution >= 0.6 is 0 Å². The van der Waals surface area contributed by atoms with Crippen molar-refractivity contribution in [2.75, 3.05) is 13.2 Å². The van der Waals surface area contributed by atoms with E-state index in [9.17, 15) is 0 Å². The molecule has 52 valence electrons. The molecular formula is C5H10N2O2. The predicted octanol–water partition coefficient (Wildman–Crippen LogP) is -0.0867. The molecule has 0 saturated carbocycles. The molecule has 1 heterocycles. The van der Waals surface area contributed by atoms with E-state index >= 15 is 0 Å². The first-order valence-corrected chi connectivity index (χ1v) is 2.99. The van der Waals surface area contributed by atoms with Crippen LogP contribution in [0, 0.1) is 0 Å². The predicted molar refractivity (Wildman–Crippen MR) is 31.0 cm³/mol. The summed E-state index contributed by atoms with van der Waals surface area (Å²) in [5.74, 6) is 0. The van der Waals surface area contributed by atoms with Crippen molar-refractivity contribution >= 4 is 0 Å². The molecule has 1 aliphatic rings. The standard InChI is InChI=1S/C5H10N2O2/c8-3-1-5(2-4-9)6-7-5/h8-9H,1-4H2. The Hall–Kier alpha value is -0.480. The minimum absolute atomic E-state index is 0.0903. The van der Waals surface area contributed by atoms with E-state index in [1.165, 1.54) is 0 Å². The zero-order valence-electron chi connectivity index (χ0n) is 5.12. The number of hydrogen-bond acceptors (Lipinski definition) is 4. The van der Waals surface area contributed by atoms with Crippen LogP contribution in [0.15, 0.2) is 10.2 Å². The quantitative estimate of drug-likeness (QED) is 0.558. The van der Waals surface area contributed by atoms with Gasteiger partial charge in [-0.2, -0.15) is 10.2 Å². The lowest BCUT2D eigenvalue weighted by Gasteiger charge is -2.03. The molecule has 0 radical (unpaired) electrons. The molecule has 0 saturated heterocycles. The zero-order valence-corrected chi connectivity index (χ0v) is 5.12. The van der Waals surface area contributed by atoms with E-state index in [1.807, 2.05) is 0 Å². The number of aliphatic hydroxyl groups excluding tert-OH is 2. The van der Waals surface area contributed by atoms with Crippen LogP contribution in [0.4, 0.5) is 0 Å². The van der Waals surface area contributed by atoms with Gasteiger partial charge < -0.3 is 10.2 Å². The van der Waals surface area contributed by atoms with Gasteiger partial charge in [-0.05, 0) is 0 Å². The summed E-state index contributed by atoms with van der Waals surface area (Å²) in [7, 11) is 0. The second kappa shape index (κ2) is 2.41. The van der Waals surface area contributed by atoms with Gasteiger partial charge in [0.2, 0.25) is 0 Å². The van der Waals surface area contributed by atoms with Gasteiger partial charge in [0.1, 0.15) is 0 Å². The van der Waals surface area contributed by atoms with Gasteiger partial charge in [0.25, 0.3) is 0 Å². The Kier molecular flexibility index (Phi) is 1.78. The molecule has 0 unspecified atom stereocenters. The molecule has 1 aliphatic heterocycles. The van der Waals surface area contributed by atoms with Crippen LogP contribution in [0.3, 0.4) is 0 Å². The molecule has 2 N–H and O–H groups in total. The van der Waals surface area contributed by atoms with Gasteiger partial charge in [0.15, 0.2) is 5.66 Å².